The van der Waals surface area contributed by atoms with Crippen molar-refractivity contribution in [1.82, 2.24) is 35.0 Å². The van der Waals surface area contributed by atoms with E-state index in [2.05, 4.69) is 30.4 Å². The lowest BCUT2D eigenvalue weighted by Gasteiger charge is -1.99. The van der Waals surface area contributed by atoms with Gasteiger partial charge in [0.15, 0.2) is 0 Å². The number of amides is 1. The van der Waals surface area contributed by atoms with Crippen LogP contribution < -0.4 is 11.0 Å². The Hall–Kier alpha value is -2.88. The molecule has 3 aromatic heterocycles. The molecule has 3 heterocycles. The number of aromatic nitrogens is 6. The van der Waals surface area contributed by atoms with Gasteiger partial charge in [-0.15, -0.1) is 16.4 Å². The highest BCUT2D eigenvalue weighted by molar-refractivity contribution is 7.13. The van der Waals surface area contributed by atoms with Crippen LogP contribution in [-0.2, 0) is 13.6 Å². The number of hydrogen-bond donors (Lipinski definition) is 2. The van der Waals surface area contributed by atoms with Gasteiger partial charge in [0.2, 0.25) is 5.82 Å². The maximum Gasteiger partial charge on any atom is 0.343 e. The van der Waals surface area contributed by atoms with Crippen LogP contribution in [-0.4, -0.2) is 35.6 Å². The lowest BCUT2D eigenvalue weighted by atomic mass is 10.4. The monoisotopic (exact) mass is 317 g/mol. The highest BCUT2D eigenvalue weighted by Crippen LogP contribution is 2.20. The molecule has 10 heteroatoms. The molecule has 9 nitrogen and oxygen atoms in total. The molecule has 0 bridgehead atoms. The number of carbonyl (C=O) groups excluding carboxylic acids is 1. The Balaban J connectivity index is 1.66. The number of hydrogen-bond acceptors (Lipinski definition) is 7. The smallest absolute Gasteiger partial charge is 0.343 e. The molecule has 0 aliphatic heterocycles. The van der Waals surface area contributed by atoms with Gasteiger partial charge in [0.1, 0.15) is 10.7 Å². The molecule has 0 spiro atoms. The van der Waals surface area contributed by atoms with Crippen molar-refractivity contribution in [2.75, 3.05) is 0 Å². The first-order chi connectivity index (χ1) is 10.6. The molecule has 0 saturated heterocycles. The second-order valence-corrected chi connectivity index (χ2v) is 5.18. The Morgan fingerprint density at radius 1 is 1.45 bits per heavy atom. The molecule has 0 aliphatic carbocycles. The number of rotatable bonds is 4. The fourth-order valence-corrected chi connectivity index (χ4v) is 2.45. The van der Waals surface area contributed by atoms with Crippen LogP contribution in [0.4, 0.5) is 0 Å². The normalized spacial score (nSPS) is 10.6. The minimum atomic E-state index is -0.466. The van der Waals surface area contributed by atoms with Gasteiger partial charge in [-0.3, -0.25) is 19.7 Å². The molecular weight excluding hydrogens is 306 g/mol. The maximum absolute atomic E-state index is 11.9. The molecule has 22 heavy (non-hydrogen) atoms. The molecule has 0 aromatic carbocycles. The number of carbonyl (C=O) groups is 1. The average Bonchev–Trinajstić information content (AvgIpc) is 3.13. The molecule has 3 rings (SSSR count). The van der Waals surface area contributed by atoms with E-state index in [0.717, 1.165) is 9.69 Å². The Morgan fingerprint density at radius 3 is 3.00 bits per heavy atom. The van der Waals surface area contributed by atoms with Gasteiger partial charge < -0.3 is 5.32 Å². The standard InChI is InChI=1S/C12H11N7O2S/c1-19-12(21)17-9(18-19)10(20)15-4-7-6-22-11(16-7)8-5-13-2-3-14-8/h2-3,5-6H,4H2,1H3,(H,15,20)(H,17,18,21). The van der Waals surface area contributed by atoms with Gasteiger partial charge in [0, 0.05) is 24.8 Å². The van der Waals surface area contributed by atoms with Crippen LogP contribution in [0.3, 0.4) is 0 Å². The minimum Gasteiger partial charge on any atom is -0.344 e. The third-order valence-corrected chi connectivity index (χ3v) is 3.66. The van der Waals surface area contributed by atoms with Crippen molar-refractivity contribution < 1.29 is 4.79 Å². The third-order valence-electron chi connectivity index (χ3n) is 2.75. The number of thiazole rings is 1. The fraction of sp³-hybridized carbons (Fsp3) is 0.167. The second kappa shape index (κ2) is 5.85. The predicted octanol–water partition coefficient (Wildman–Crippen LogP) is -0.0481. The Bertz CT molecular complexity index is 852. The van der Waals surface area contributed by atoms with E-state index in [9.17, 15) is 9.59 Å². The van der Waals surface area contributed by atoms with Crippen molar-refractivity contribution in [2.45, 2.75) is 6.54 Å². The van der Waals surface area contributed by atoms with Gasteiger partial charge in [0.05, 0.1) is 18.4 Å². The first kappa shape index (κ1) is 14.1. The predicted molar refractivity (Wildman–Crippen MR) is 78.1 cm³/mol. The Morgan fingerprint density at radius 2 is 2.32 bits per heavy atom. The highest BCUT2D eigenvalue weighted by atomic mass is 32.1. The molecule has 0 unspecified atom stereocenters. The summed E-state index contributed by atoms with van der Waals surface area (Å²) >= 11 is 1.41. The van der Waals surface area contributed by atoms with E-state index in [4.69, 9.17) is 0 Å². The molecule has 0 atom stereocenters. The topological polar surface area (TPSA) is 118 Å². The van der Waals surface area contributed by atoms with Crippen LogP contribution >= 0.6 is 11.3 Å². The molecule has 3 aromatic rings. The van der Waals surface area contributed by atoms with Crippen molar-refractivity contribution >= 4 is 17.2 Å². The average molecular weight is 317 g/mol. The van der Waals surface area contributed by atoms with Gasteiger partial charge in [-0.25, -0.2) is 14.5 Å². The fourth-order valence-electron chi connectivity index (χ4n) is 1.67. The summed E-state index contributed by atoms with van der Waals surface area (Å²) in [6.45, 7) is 0.230. The zero-order valence-electron chi connectivity index (χ0n) is 11.5. The summed E-state index contributed by atoms with van der Waals surface area (Å²) in [5, 5.41) is 8.97. The van der Waals surface area contributed by atoms with Crippen LogP contribution in [0.5, 0.6) is 0 Å². The summed E-state index contributed by atoms with van der Waals surface area (Å²) in [5.41, 5.74) is 0.931. The van der Waals surface area contributed by atoms with E-state index in [-0.39, 0.29) is 12.4 Å². The molecule has 0 fully saturated rings. The molecule has 1 amide bonds. The summed E-state index contributed by atoms with van der Waals surface area (Å²) in [4.78, 5) is 38.0. The van der Waals surface area contributed by atoms with E-state index in [1.807, 2.05) is 5.38 Å². The highest BCUT2D eigenvalue weighted by Gasteiger charge is 2.12. The van der Waals surface area contributed by atoms with E-state index in [1.165, 1.54) is 18.4 Å². The largest absolute Gasteiger partial charge is 0.344 e. The van der Waals surface area contributed by atoms with Crippen LogP contribution in [0, 0.1) is 0 Å². The van der Waals surface area contributed by atoms with Gasteiger partial charge in [-0.05, 0) is 0 Å². The van der Waals surface area contributed by atoms with Gasteiger partial charge in [0.25, 0.3) is 5.91 Å². The van der Waals surface area contributed by atoms with E-state index < -0.39 is 11.6 Å². The van der Waals surface area contributed by atoms with Crippen molar-refractivity contribution in [3.05, 3.63) is 46.0 Å². The SMILES string of the molecule is Cn1nc(C(=O)NCc2csc(-c3cnccn3)n2)[nH]c1=O. The van der Waals surface area contributed by atoms with E-state index >= 15 is 0 Å². The zero-order valence-corrected chi connectivity index (χ0v) is 12.3. The minimum absolute atomic E-state index is 0.0307. The van der Waals surface area contributed by atoms with Crippen molar-refractivity contribution in [3.8, 4) is 10.7 Å². The third kappa shape index (κ3) is 2.91. The summed E-state index contributed by atoms with van der Waals surface area (Å²) < 4.78 is 1.06. The number of H-pyrrole nitrogens is 1. The molecule has 2 N–H and O–H groups in total. The molecule has 0 saturated carbocycles. The Kier molecular flexibility index (Phi) is 3.74. The number of aromatic amines is 1. The zero-order chi connectivity index (χ0) is 15.5. The number of nitrogens with zero attached hydrogens (tertiary/aromatic N) is 5. The quantitative estimate of drug-likeness (QED) is 0.696. The van der Waals surface area contributed by atoms with Crippen LogP contribution in [0.2, 0.25) is 0 Å². The summed E-state index contributed by atoms with van der Waals surface area (Å²) in [6, 6.07) is 0. The summed E-state index contributed by atoms with van der Waals surface area (Å²) in [5.74, 6) is -0.497. The second-order valence-electron chi connectivity index (χ2n) is 4.32. The van der Waals surface area contributed by atoms with Gasteiger partial charge >= 0.3 is 5.69 Å². The molecule has 0 radical (unpaired) electrons. The van der Waals surface area contributed by atoms with E-state index in [1.54, 1.807) is 18.6 Å². The first-order valence-corrected chi connectivity index (χ1v) is 7.14. The number of aryl methyl sites for hydroxylation is 1. The van der Waals surface area contributed by atoms with E-state index in [0.29, 0.717) is 11.4 Å². The van der Waals surface area contributed by atoms with Crippen LogP contribution in [0.25, 0.3) is 10.7 Å². The summed E-state index contributed by atoms with van der Waals surface area (Å²) in [7, 11) is 1.46. The van der Waals surface area contributed by atoms with Crippen molar-refractivity contribution in [3.63, 3.8) is 0 Å². The molecular formula is C12H11N7O2S. The Labute approximate surface area is 128 Å². The molecule has 112 valence electrons. The number of nitrogens with one attached hydrogen (secondary N) is 2. The van der Waals surface area contributed by atoms with Crippen LogP contribution in [0.1, 0.15) is 16.3 Å². The van der Waals surface area contributed by atoms with Gasteiger partial charge in [-0.2, -0.15) is 0 Å². The van der Waals surface area contributed by atoms with Crippen LogP contribution in [0.15, 0.2) is 28.8 Å². The maximum atomic E-state index is 11.9. The lowest BCUT2D eigenvalue weighted by molar-refractivity contribution is 0.0940. The summed E-state index contributed by atoms with van der Waals surface area (Å²) in [6.07, 6.45) is 4.81. The van der Waals surface area contributed by atoms with Crippen molar-refractivity contribution in [1.29, 1.82) is 0 Å². The van der Waals surface area contributed by atoms with Crippen molar-refractivity contribution in [2.24, 2.45) is 7.05 Å². The molecule has 0 aliphatic rings. The lowest BCUT2D eigenvalue weighted by Crippen LogP contribution is -2.24. The first-order valence-electron chi connectivity index (χ1n) is 6.26. The van der Waals surface area contributed by atoms with Gasteiger partial charge in [-0.1, -0.05) is 0 Å².